The summed E-state index contributed by atoms with van der Waals surface area (Å²) in [5.41, 5.74) is 0.623. The Balaban J connectivity index is 1.92. The minimum Gasteiger partial charge on any atom is -0.480 e. The zero-order valence-corrected chi connectivity index (χ0v) is 10.7. The first kappa shape index (κ1) is 12.7. The van der Waals surface area contributed by atoms with Gasteiger partial charge in [0.25, 0.3) is 5.91 Å². The third-order valence-corrected chi connectivity index (χ3v) is 3.43. The molecule has 0 aliphatic carbocycles. The fourth-order valence-electron chi connectivity index (χ4n) is 2.40. The molecule has 1 aliphatic rings. The van der Waals surface area contributed by atoms with E-state index in [9.17, 15) is 14.7 Å². The molecule has 0 spiro atoms. The number of para-hydroxylation sites is 1. The van der Waals surface area contributed by atoms with E-state index in [2.05, 4.69) is 5.32 Å². The van der Waals surface area contributed by atoms with Gasteiger partial charge in [0.1, 0.15) is 11.6 Å². The van der Waals surface area contributed by atoms with E-state index in [1.54, 1.807) is 12.1 Å². The van der Waals surface area contributed by atoms with Crippen molar-refractivity contribution >= 4 is 22.8 Å². The number of aliphatic carboxylic acids is 1. The molecule has 2 heterocycles. The second-order valence-corrected chi connectivity index (χ2v) is 4.71. The number of hydrogen-bond acceptors (Lipinski definition) is 4. The summed E-state index contributed by atoms with van der Waals surface area (Å²) in [4.78, 5) is 25.0. The van der Waals surface area contributed by atoms with Gasteiger partial charge >= 0.3 is 5.97 Å². The second-order valence-electron chi connectivity index (χ2n) is 4.71. The topological polar surface area (TPSA) is 82.8 Å². The zero-order chi connectivity index (χ0) is 14.1. The van der Waals surface area contributed by atoms with Gasteiger partial charge in [-0.05, 0) is 12.1 Å². The molecule has 104 valence electrons. The highest BCUT2D eigenvalue weighted by Crippen LogP contribution is 2.21. The third-order valence-electron chi connectivity index (χ3n) is 3.43. The van der Waals surface area contributed by atoms with Gasteiger partial charge in [0, 0.05) is 25.0 Å². The van der Waals surface area contributed by atoms with Crippen LogP contribution in [0.15, 0.2) is 34.7 Å². The largest absolute Gasteiger partial charge is 0.480 e. The normalized spacial score (nSPS) is 19.2. The Morgan fingerprint density at radius 3 is 2.90 bits per heavy atom. The number of furan rings is 1. The van der Waals surface area contributed by atoms with Crippen molar-refractivity contribution in [1.29, 1.82) is 0 Å². The summed E-state index contributed by atoms with van der Waals surface area (Å²) >= 11 is 0. The van der Waals surface area contributed by atoms with E-state index in [0.717, 1.165) is 5.39 Å². The third kappa shape index (κ3) is 2.14. The summed E-state index contributed by atoms with van der Waals surface area (Å²) in [6, 6.07) is 8.10. The lowest BCUT2D eigenvalue weighted by molar-refractivity contribution is -0.142. The maximum atomic E-state index is 12.4. The molecule has 1 aliphatic heterocycles. The lowest BCUT2D eigenvalue weighted by atomic mass is 10.1. The Morgan fingerprint density at radius 1 is 1.35 bits per heavy atom. The summed E-state index contributed by atoms with van der Waals surface area (Å²) in [5.74, 6) is -1.21. The fourth-order valence-corrected chi connectivity index (χ4v) is 2.40. The predicted octanol–water partition coefficient (Wildman–Crippen LogP) is 0.931. The summed E-state index contributed by atoms with van der Waals surface area (Å²) in [6.45, 7) is 1.18. The first-order valence-electron chi connectivity index (χ1n) is 6.40. The van der Waals surface area contributed by atoms with Gasteiger partial charge in [-0.1, -0.05) is 18.2 Å². The molecule has 1 fully saturated rings. The summed E-state index contributed by atoms with van der Waals surface area (Å²) < 4.78 is 5.51. The van der Waals surface area contributed by atoms with Crippen molar-refractivity contribution in [2.24, 2.45) is 0 Å². The molecule has 2 N–H and O–H groups in total. The number of amides is 1. The lowest BCUT2D eigenvalue weighted by Gasteiger charge is -2.32. The molecule has 20 heavy (non-hydrogen) atoms. The van der Waals surface area contributed by atoms with Gasteiger partial charge in [0.15, 0.2) is 5.76 Å². The molecular formula is C14H14N2O4. The smallest absolute Gasteiger partial charge is 0.327 e. The summed E-state index contributed by atoms with van der Waals surface area (Å²) in [6.07, 6.45) is 0. The van der Waals surface area contributed by atoms with Crippen molar-refractivity contribution in [2.75, 3.05) is 19.6 Å². The maximum absolute atomic E-state index is 12.4. The highest BCUT2D eigenvalue weighted by atomic mass is 16.4. The van der Waals surface area contributed by atoms with Crippen molar-refractivity contribution in [3.05, 3.63) is 36.1 Å². The van der Waals surface area contributed by atoms with Crippen LogP contribution in [0.4, 0.5) is 0 Å². The number of hydrogen-bond donors (Lipinski definition) is 2. The number of fused-ring (bicyclic) bond motifs is 1. The average molecular weight is 274 g/mol. The number of carboxylic acid groups (broad SMARTS) is 1. The van der Waals surface area contributed by atoms with E-state index >= 15 is 0 Å². The van der Waals surface area contributed by atoms with Crippen molar-refractivity contribution in [3.8, 4) is 0 Å². The van der Waals surface area contributed by atoms with Crippen LogP contribution in [-0.2, 0) is 4.79 Å². The Morgan fingerprint density at radius 2 is 2.15 bits per heavy atom. The molecular weight excluding hydrogens is 260 g/mol. The van der Waals surface area contributed by atoms with Crippen LogP contribution in [0.3, 0.4) is 0 Å². The lowest BCUT2D eigenvalue weighted by Crippen LogP contribution is -2.56. The van der Waals surface area contributed by atoms with E-state index in [1.165, 1.54) is 4.90 Å². The Kier molecular flexibility index (Phi) is 3.15. The number of rotatable bonds is 2. The first-order chi connectivity index (χ1) is 9.66. The predicted molar refractivity (Wildman–Crippen MR) is 71.5 cm³/mol. The SMILES string of the molecule is O=C(O)C1CNCCN1C(=O)c1cc2ccccc2o1. The van der Waals surface area contributed by atoms with Crippen LogP contribution < -0.4 is 5.32 Å². The molecule has 6 nitrogen and oxygen atoms in total. The first-order valence-corrected chi connectivity index (χ1v) is 6.40. The average Bonchev–Trinajstić information content (AvgIpc) is 2.90. The van der Waals surface area contributed by atoms with Crippen LogP contribution in [0.5, 0.6) is 0 Å². The number of nitrogens with zero attached hydrogens (tertiary/aromatic N) is 1. The molecule has 3 rings (SSSR count). The van der Waals surface area contributed by atoms with E-state index in [1.807, 2.05) is 18.2 Å². The van der Waals surface area contributed by atoms with Gasteiger partial charge in [0.05, 0.1) is 0 Å². The molecule has 1 aromatic heterocycles. The molecule has 1 unspecified atom stereocenters. The van der Waals surface area contributed by atoms with Crippen molar-refractivity contribution in [2.45, 2.75) is 6.04 Å². The van der Waals surface area contributed by atoms with Crippen LogP contribution in [0.2, 0.25) is 0 Å². The number of piperazine rings is 1. The summed E-state index contributed by atoms with van der Waals surface area (Å²) in [5, 5.41) is 13.0. The minimum absolute atomic E-state index is 0.180. The zero-order valence-electron chi connectivity index (χ0n) is 10.7. The highest BCUT2D eigenvalue weighted by molar-refractivity contribution is 5.98. The number of carbonyl (C=O) groups is 2. The van der Waals surface area contributed by atoms with E-state index < -0.39 is 12.0 Å². The standard InChI is InChI=1S/C14H14N2O4/c17-13(16-6-5-15-8-10(16)14(18)19)12-7-9-3-1-2-4-11(9)20-12/h1-4,7,10,15H,5-6,8H2,(H,18,19). The monoisotopic (exact) mass is 274 g/mol. The Bertz CT molecular complexity index is 631. The molecule has 0 radical (unpaired) electrons. The molecule has 1 atom stereocenters. The molecule has 0 bridgehead atoms. The number of benzene rings is 1. The number of carbonyl (C=O) groups excluding carboxylic acids is 1. The minimum atomic E-state index is -1.01. The Labute approximate surface area is 115 Å². The van der Waals surface area contributed by atoms with Crippen LogP contribution in [0.1, 0.15) is 10.6 Å². The van der Waals surface area contributed by atoms with Gasteiger partial charge in [0.2, 0.25) is 0 Å². The highest BCUT2D eigenvalue weighted by Gasteiger charge is 2.33. The van der Waals surface area contributed by atoms with Crippen molar-refractivity contribution < 1.29 is 19.1 Å². The van der Waals surface area contributed by atoms with Crippen LogP contribution in [0.25, 0.3) is 11.0 Å². The molecule has 1 saturated heterocycles. The van der Waals surface area contributed by atoms with E-state index in [0.29, 0.717) is 18.7 Å². The molecule has 2 aromatic rings. The molecule has 1 aromatic carbocycles. The fraction of sp³-hybridized carbons (Fsp3) is 0.286. The maximum Gasteiger partial charge on any atom is 0.327 e. The van der Waals surface area contributed by atoms with Crippen molar-refractivity contribution in [1.82, 2.24) is 10.2 Å². The second kappa shape index (κ2) is 4.97. The van der Waals surface area contributed by atoms with Gasteiger partial charge in [-0.3, -0.25) is 4.79 Å². The van der Waals surface area contributed by atoms with E-state index in [-0.39, 0.29) is 18.2 Å². The molecule has 1 amide bonds. The quantitative estimate of drug-likeness (QED) is 0.851. The van der Waals surface area contributed by atoms with Crippen LogP contribution >= 0.6 is 0 Å². The van der Waals surface area contributed by atoms with Crippen LogP contribution in [0, 0.1) is 0 Å². The molecule has 6 heteroatoms. The van der Waals surface area contributed by atoms with Gasteiger partial charge < -0.3 is 19.7 Å². The van der Waals surface area contributed by atoms with Gasteiger partial charge in [-0.25, -0.2) is 4.79 Å². The van der Waals surface area contributed by atoms with Gasteiger partial charge in [-0.2, -0.15) is 0 Å². The number of carboxylic acids is 1. The molecule has 0 saturated carbocycles. The Hall–Kier alpha value is -2.34. The van der Waals surface area contributed by atoms with Gasteiger partial charge in [-0.15, -0.1) is 0 Å². The van der Waals surface area contributed by atoms with Crippen molar-refractivity contribution in [3.63, 3.8) is 0 Å². The summed E-state index contributed by atoms with van der Waals surface area (Å²) in [7, 11) is 0. The number of nitrogens with one attached hydrogen (secondary N) is 1. The van der Waals surface area contributed by atoms with E-state index in [4.69, 9.17) is 4.42 Å². The van der Waals surface area contributed by atoms with Crippen LogP contribution in [-0.4, -0.2) is 47.6 Å².